The van der Waals surface area contributed by atoms with Gasteiger partial charge in [-0.2, -0.15) is 13.2 Å². The number of alkyl halides is 3. The third-order valence-corrected chi connectivity index (χ3v) is 7.30. The van der Waals surface area contributed by atoms with Gasteiger partial charge in [-0.3, -0.25) is 14.4 Å². The second kappa shape index (κ2) is 10.4. The third-order valence-electron chi connectivity index (χ3n) is 7.30. The van der Waals surface area contributed by atoms with Gasteiger partial charge in [0.05, 0.1) is 35.7 Å². The number of likely N-dealkylation sites (tertiary alicyclic amines) is 1. The lowest BCUT2D eigenvalue weighted by molar-refractivity contribution is -0.137. The second-order valence-corrected chi connectivity index (χ2v) is 10.1. The topological polar surface area (TPSA) is 71.4 Å². The lowest BCUT2D eigenvalue weighted by Crippen LogP contribution is -2.37. The summed E-state index contributed by atoms with van der Waals surface area (Å²) in [5.74, 6) is -2.45. The lowest BCUT2D eigenvalue weighted by atomic mass is 9.98. The Bertz CT molecular complexity index is 1500. The molecule has 1 atom stereocenters. The Morgan fingerprint density at radius 3 is 2.46 bits per heavy atom. The van der Waals surface area contributed by atoms with Crippen LogP contribution >= 0.6 is 0 Å². The van der Waals surface area contributed by atoms with Crippen LogP contribution in [0.25, 0.3) is 10.8 Å². The highest BCUT2D eigenvalue weighted by atomic mass is 19.4. The summed E-state index contributed by atoms with van der Waals surface area (Å²) in [5.41, 5.74) is -0.755. The smallest absolute Gasteiger partial charge is 0.345 e. The standard InChI is InChI=1S/C28H26F5N3O3/c29-18-5-1-4-17(14-18)25(16-9-10-16)34-26(38)24-19-6-2-7-20(30)23(19)27(39)36(13-11-28(31,32)33)21(24)15-35-12-3-8-22(35)37/h1-2,4-7,14,16,25H,3,8-13,15H2,(H,34,38)/t25-/m0/s1. The fraction of sp³-hybridized carbons (Fsp3) is 0.393. The molecule has 1 saturated heterocycles. The summed E-state index contributed by atoms with van der Waals surface area (Å²) in [4.78, 5) is 41.2. The molecule has 11 heteroatoms. The number of carbonyl (C=O) groups excluding carboxylic acids is 2. The molecule has 0 radical (unpaired) electrons. The highest BCUT2D eigenvalue weighted by Crippen LogP contribution is 2.41. The molecule has 2 amide bonds. The van der Waals surface area contributed by atoms with E-state index in [9.17, 15) is 36.3 Å². The van der Waals surface area contributed by atoms with Crippen LogP contribution in [0, 0.1) is 17.6 Å². The Morgan fingerprint density at radius 1 is 1.08 bits per heavy atom. The summed E-state index contributed by atoms with van der Waals surface area (Å²) >= 11 is 0. The Kier molecular flexibility index (Phi) is 7.17. The Balaban J connectivity index is 1.67. The van der Waals surface area contributed by atoms with E-state index in [0.717, 1.165) is 23.5 Å². The molecule has 206 valence electrons. The maximum absolute atomic E-state index is 15.0. The van der Waals surface area contributed by atoms with Crippen molar-refractivity contribution in [1.82, 2.24) is 14.8 Å². The van der Waals surface area contributed by atoms with Gasteiger partial charge in [0.15, 0.2) is 0 Å². The molecule has 1 aliphatic carbocycles. The van der Waals surface area contributed by atoms with E-state index in [4.69, 9.17) is 0 Å². The number of hydrogen-bond donors (Lipinski definition) is 1. The minimum absolute atomic E-state index is 0.0125. The highest BCUT2D eigenvalue weighted by molar-refractivity contribution is 6.08. The number of halogens is 5. The van der Waals surface area contributed by atoms with Crippen molar-refractivity contribution in [3.05, 3.63) is 81.3 Å². The van der Waals surface area contributed by atoms with Crippen LogP contribution in [-0.2, 0) is 17.9 Å². The van der Waals surface area contributed by atoms with Crippen molar-refractivity contribution in [3.63, 3.8) is 0 Å². The maximum atomic E-state index is 15.0. The largest absolute Gasteiger partial charge is 0.390 e. The molecule has 3 aromatic rings. The number of amides is 2. The zero-order valence-electron chi connectivity index (χ0n) is 20.9. The molecule has 1 aromatic heterocycles. The summed E-state index contributed by atoms with van der Waals surface area (Å²) in [6, 6.07) is 8.83. The Morgan fingerprint density at radius 2 is 1.82 bits per heavy atom. The first kappa shape index (κ1) is 26.8. The zero-order valence-corrected chi connectivity index (χ0v) is 20.9. The average molecular weight is 548 g/mol. The molecule has 1 aliphatic heterocycles. The van der Waals surface area contributed by atoms with Crippen LogP contribution in [0.4, 0.5) is 22.0 Å². The highest BCUT2D eigenvalue weighted by Gasteiger charge is 2.36. The van der Waals surface area contributed by atoms with E-state index in [1.807, 2.05) is 0 Å². The summed E-state index contributed by atoms with van der Waals surface area (Å²) in [5, 5.41) is 2.31. The quantitative estimate of drug-likeness (QED) is 0.393. The van der Waals surface area contributed by atoms with Crippen LogP contribution in [0.3, 0.4) is 0 Å². The molecule has 6 nitrogen and oxygen atoms in total. The predicted octanol–water partition coefficient (Wildman–Crippen LogP) is 5.24. The van der Waals surface area contributed by atoms with Crippen LogP contribution in [0.5, 0.6) is 0 Å². The summed E-state index contributed by atoms with van der Waals surface area (Å²) < 4.78 is 69.5. The minimum Gasteiger partial charge on any atom is -0.345 e. The van der Waals surface area contributed by atoms with Crippen molar-refractivity contribution in [3.8, 4) is 0 Å². The van der Waals surface area contributed by atoms with Gasteiger partial charge < -0.3 is 14.8 Å². The van der Waals surface area contributed by atoms with E-state index in [0.29, 0.717) is 18.5 Å². The number of nitrogens with one attached hydrogen (secondary N) is 1. The van der Waals surface area contributed by atoms with E-state index in [1.54, 1.807) is 6.07 Å². The summed E-state index contributed by atoms with van der Waals surface area (Å²) in [6.45, 7) is -0.821. The molecular weight excluding hydrogens is 521 g/mol. The maximum Gasteiger partial charge on any atom is 0.390 e. The molecule has 5 rings (SSSR count). The van der Waals surface area contributed by atoms with Crippen LogP contribution in [0.1, 0.15) is 59.8 Å². The van der Waals surface area contributed by atoms with Crippen molar-refractivity contribution >= 4 is 22.6 Å². The van der Waals surface area contributed by atoms with Gasteiger partial charge in [-0.15, -0.1) is 0 Å². The van der Waals surface area contributed by atoms with Crippen molar-refractivity contribution < 1.29 is 31.5 Å². The van der Waals surface area contributed by atoms with Crippen LogP contribution in [0.2, 0.25) is 0 Å². The number of hydrogen-bond acceptors (Lipinski definition) is 3. The van der Waals surface area contributed by atoms with Gasteiger partial charge in [0.1, 0.15) is 11.6 Å². The van der Waals surface area contributed by atoms with E-state index >= 15 is 0 Å². The number of benzene rings is 2. The number of nitrogens with zero attached hydrogens (tertiary/aromatic N) is 2. The SMILES string of the molecule is O=C(N[C@H](c1cccc(F)c1)C1CC1)c1c(CN2CCCC2=O)n(CCC(F)(F)F)c(=O)c2c(F)cccc12. The van der Waals surface area contributed by atoms with Crippen molar-refractivity contribution in [1.29, 1.82) is 0 Å². The van der Waals surface area contributed by atoms with Gasteiger partial charge in [-0.25, -0.2) is 8.78 Å². The van der Waals surface area contributed by atoms with Gasteiger partial charge in [0, 0.05) is 24.9 Å². The Hall–Kier alpha value is -3.76. The van der Waals surface area contributed by atoms with E-state index in [1.165, 1.54) is 35.2 Å². The number of aromatic nitrogens is 1. The molecule has 2 aliphatic rings. The zero-order chi connectivity index (χ0) is 27.9. The Labute approximate surface area is 220 Å². The second-order valence-electron chi connectivity index (χ2n) is 10.1. The van der Waals surface area contributed by atoms with Crippen molar-refractivity contribution in [2.75, 3.05) is 6.54 Å². The van der Waals surface area contributed by atoms with E-state index < -0.39 is 53.7 Å². The molecule has 1 N–H and O–H groups in total. The third kappa shape index (κ3) is 5.67. The van der Waals surface area contributed by atoms with Gasteiger partial charge in [-0.05, 0) is 48.9 Å². The van der Waals surface area contributed by atoms with Crippen LogP contribution in [0.15, 0.2) is 47.3 Å². The number of pyridine rings is 1. The van der Waals surface area contributed by atoms with E-state index in [2.05, 4.69) is 5.32 Å². The minimum atomic E-state index is -4.62. The molecule has 2 aromatic carbocycles. The molecule has 0 bridgehead atoms. The number of carbonyl (C=O) groups is 2. The van der Waals surface area contributed by atoms with Gasteiger partial charge in [0.2, 0.25) is 5.91 Å². The van der Waals surface area contributed by atoms with Crippen LogP contribution < -0.4 is 10.9 Å². The molecule has 0 unspecified atom stereocenters. The summed E-state index contributed by atoms with van der Waals surface area (Å²) in [6.07, 6.45) is -3.70. The van der Waals surface area contributed by atoms with Gasteiger partial charge >= 0.3 is 6.18 Å². The fourth-order valence-electron chi connectivity index (χ4n) is 5.26. The molecule has 1 saturated carbocycles. The fourth-order valence-corrected chi connectivity index (χ4v) is 5.26. The van der Waals surface area contributed by atoms with Crippen molar-refractivity contribution in [2.24, 2.45) is 5.92 Å². The lowest BCUT2D eigenvalue weighted by Gasteiger charge is -2.25. The predicted molar refractivity (Wildman–Crippen MR) is 133 cm³/mol. The first-order chi connectivity index (χ1) is 18.5. The van der Waals surface area contributed by atoms with E-state index in [-0.39, 0.29) is 41.4 Å². The monoisotopic (exact) mass is 547 g/mol. The van der Waals surface area contributed by atoms with Crippen LogP contribution in [-0.4, -0.2) is 34.0 Å². The first-order valence-corrected chi connectivity index (χ1v) is 12.8. The molecule has 0 spiro atoms. The van der Waals surface area contributed by atoms with Gasteiger partial charge in [-0.1, -0.05) is 24.3 Å². The average Bonchev–Trinajstić information content (AvgIpc) is 3.63. The molecule has 2 fully saturated rings. The van der Waals surface area contributed by atoms with Gasteiger partial charge in [0.25, 0.3) is 11.5 Å². The first-order valence-electron chi connectivity index (χ1n) is 12.8. The molecular formula is C28H26F5N3O3. The summed E-state index contributed by atoms with van der Waals surface area (Å²) in [7, 11) is 0. The van der Waals surface area contributed by atoms with Crippen molar-refractivity contribution in [2.45, 2.75) is 57.4 Å². The molecule has 2 heterocycles. The normalized spacial score (nSPS) is 16.6. The number of rotatable bonds is 8. The number of fused-ring (bicyclic) bond motifs is 1. The molecule has 39 heavy (non-hydrogen) atoms.